The van der Waals surface area contributed by atoms with Crippen molar-refractivity contribution in [3.8, 4) is 0 Å². The molecule has 1 N–H and O–H groups in total. The van der Waals surface area contributed by atoms with E-state index in [0.29, 0.717) is 5.25 Å². The van der Waals surface area contributed by atoms with Crippen LogP contribution in [-0.2, 0) is 4.74 Å². The molecule has 0 radical (unpaired) electrons. The van der Waals surface area contributed by atoms with Crippen LogP contribution in [0.25, 0.3) is 0 Å². The molecule has 11 heavy (non-hydrogen) atoms. The van der Waals surface area contributed by atoms with Crippen molar-refractivity contribution in [2.45, 2.75) is 17.8 Å². The van der Waals surface area contributed by atoms with Crippen molar-refractivity contribution in [2.75, 3.05) is 19.9 Å². The first-order chi connectivity index (χ1) is 5.29. The minimum Gasteiger partial charge on any atom is -0.377 e. The van der Waals surface area contributed by atoms with Gasteiger partial charge in [0, 0.05) is 18.9 Å². The van der Waals surface area contributed by atoms with Gasteiger partial charge in [-0.25, -0.2) is 0 Å². The molecule has 64 valence electrons. The molecule has 0 saturated carbocycles. The second-order valence-electron chi connectivity index (χ2n) is 2.51. The average Bonchev–Trinajstić information content (AvgIpc) is 2.04. The maximum absolute atomic E-state index is 5.28. The number of thiocarbonyl (C=S) groups is 1. The standard InChI is InChI=1S/C7H13NOS2/c1-9-6-5(11-2)3-4-8-7(6)10/h5-6H,3-4H2,1-2H3,(H,8,10)/t5-,6-/m1/s1. The Labute approximate surface area is 77.1 Å². The Morgan fingerprint density at radius 2 is 2.45 bits per heavy atom. The van der Waals surface area contributed by atoms with Crippen molar-refractivity contribution >= 4 is 29.0 Å². The lowest BCUT2D eigenvalue weighted by atomic mass is 10.1. The average molecular weight is 191 g/mol. The number of ether oxygens (including phenoxy) is 1. The summed E-state index contributed by atoms with van der Waals surface area (Å²) in [5.41, 5.74) is 0. The largest absolute Gasteiger partial charge is 0.377 e. The van der Waals surface area contributed by atoms with Crippen LogP contribution in [0, 0.1) is 0 Å². The zero-order valence-corrected chi connectivity index (χ0v) is 8.43. The molecule has 0 aromatic carbocycles. The van der Waals surface area contributed by atoms with Gasteiger partial charge in [-0.1, -0.05) is 12.2 Å². The Kier molecular flexibility index (Phi) is 3.62. The highest BCUT2D eigenvalue weighted by Crippen LogP contribution is 2.20. The van der Waals surface area contributed by atoms with E-state index in [-0.39, 0.29) is 6.10 Å². The van der Waals surface area contributed by atoms with Gasteiger partial charge >= 0.3 is 0 Å². The maximum Gasteiger partial charge on any atom is 0.119 e. The van der Waals surface area contributed by atoms with Crippen LogP contribution in [0.4, 0.5) is 0 Å². The summed E-state index contributed by atoms with van der Waals surface area (Å²) in [5.74, 6) is 0. The third-order valence-corrected chi connectivity index (χ3v) is 3.35. The molecule has 1 aliphatic heterocycles. The van der Waals surface area contributed by atoms with E-state index in [0.717, 1.165) is 18.0 Å². The first kappa shape index (κ1) is 9.29. The minimum absolute atomic E-state index is 0.119. The zero-order valence-electron chi connectivity index (χ0n) is 6.79. The molecule has 0 bridgehead atoms. The molecular formula is C7H13NOS2. The molecule has 2 atom stereocenters. The predicted octanol–water partition coefficient (Wildman–Crippen LogP) is 1.05. The molecule has 0 aromatic heterocycles. The molecular weight excluding hydrogens is 178 g/mol. The Hall–Kier alpha value is 0.200. The quantitative estimate of drug-likeness (QED) is 0.658. The van der Waals surface area contributed by atoms with Crippen LogP contribution in [0.2, 0.25) is 0 Å². The number of methoxy groups -OCH3 is 1. The molecule has 1 heterocycles. The highest BCUT2D eigenvalue weighted by atomic mass is 32.2. The van der Waals surface area contributed by atoms with Gasteiger partial charge < -0.3 is 10.1 Å². The van der Waals surface area contributed by atoms with Gasteiger partial charge in [-0.15, -0.1) is 0 Å². The summed E-state index contributed by atoms with van der Waals surface area (Å²) in [4.78, 5) is 0.859. The number of thioether (sulfide) groups is 1. The first-order valence-corrected chi connectivity index (χ1v) is 5.32. The highest BCUT2D eigenvalue weighted by Gasteiger charge is 2.27. The van der Waals surface area contributed by atoms with Gasteiger partial charge in [-0.2, -0.15) is 11.8 Å². The highest BCUT2D eigenvalue weighted by molar-refractivity contribution is 7.99. The first-order valence-electron chi connectivity index (χ1n) is 3.63. The van der Waals surface area contributed by atoms with Crippen molar-refractivity contribution in [3.05, 3.63) is 0 Å². The van der Waals surface area contributed by atoms with Crippen LogP contribution in [0.3, 0.4) is 0 Å². The number of hydrogen-bond acceptors (Lipinski definition) is 3. The van der Waals surface area contributed by atoms with Crippen LogP contribution in [0.5, 0.6) is 0 Å². The van der Waals surface area contributed by atoms with E-state index in [4.69, 9.17) is 17.0 Å². The Balaban J connectivity index is 2.56. The molecule has 2 nitrogen and oxygen atoms in total. The Morgan fingerprint density at radius 1 is 1.73 bits per heavy atom. The second kappa shape index (κ2) is 4.28. The topological polar surface area (TPSA) is 21.3 Å². The van der Waals surface area contributed by atoms with Crippen LogP contribution in [0.15, 0.2) is 0 Å². The van der Waals surface area contributed by atoms with Gasteiger partial charge in [0.1, 0.15) is 11.1 Å². The summed E-state index contributed by atoms with van der Waals surface area (Å²) in [5, 5.41) is 3.68. The van der Waals surface area contributed by atoms with Gasteiger partial charge in [-0.05, 0) is 12.7 Å². The van der Waals surface area contributed by atoms with E-state index >= 15 is 0 Å². The van der Waals surface area contributed by atoms with Crippen molar-refractivity contribution in [1.29, 1.82) is 0 Å². The van der Waals surface area contributed by atoms with Gasteiger partial charge in [0.25, 0.3) is 0 Å². The number of hydrogen-bond donors (Lipinski definition) is 1. The second-order valence-corrected chi connectivity index (χ2v) is 4.03. The SMILES string of the molecule is CO[C@H]1C(=S)NCC[C@H]1SC. The summed E-state index contributed by atoms with van der Waals surface area (Å²) in [7, 11) is 1.72. The third kappa shape index (κ3) is 2.07. The molecule has 1 aliphatic rings. The minimum atomic E-state index is 0.119. The van der Waals surface area contributed by atoms with Gasteiger partial charge in [0.15, 0.2) is 0 Å². The van der Waals surface area contributed by atoms with Crippen LogP contribution in [0.1, 0.15) is 6.42 Å². The van der Waals surface area contributed by atoms with Gasteiger partial charge in [-0.3, -0.25) is 0 Å². The summed E-state index contributed by atoms with van der Waals surface area (Å²) in [6.45, 7) is 0.990. The summed E-state index contributed by atoms with van der Waals surface area (Å²) in [6.07, 6.45) is 3.36. The van der Waals surface area contributed by atoms with E-state index in [1.807, 2.05) is 11.8 Å². The van der Waals surface area contributed by atoms with E-state index in [1.165, 1.54) is 0 Å². The lowest BCUT2D eigenvalue weighted by Crippen LogP contribution is -2.47. The Bertz CT molecular complexity index is 151. The molecule has 1 fully saturated rings. The van der Waals surface area contributed by atoms with Crippen molar-refractivity contribution in [3.63, 3.8) is 0 Å². The maximum atomic E-state index is 5.28. The van der Waals surface area contributed by atoms with Crippen LogP contribution >= 0.6 is 24.0 Å². The molecule has 1 rings (SSSR count). The van der Waals surface area contributed by atoms with E-state index in [2.05, 4.69) is 11.6 Å². The normalized spacial score (nSPS) is 31.6. The summed E-state index contributed by atoms with van der Waals surface area (Å²) in [6, 6.07) is 0. The molecule has 4 heteroatoms. The fourth-order valence-corrected chi connectivity index (χ4v) is 2.56. The van der Waals surface area contributed by atoms with Crippen LogP contribution < -0.4 is 5.32 Å². The number of piperidine rings is 1. The van der Waals surface area contributed by atoms with Gasteiger partial charge in [0.05, 0.1) is 0 Å². The molecule has 0 unspecified atom stereocenters. The van der Waals surface area contributed by atoms with E-state index in [1.54, 1.807) is 7.11 Å². The predicted molar refractivity (Wildman–Crippen MR) is 53.3 cm³/mol. The lowest BCUT2D eigenvalue weighted by Gasteiger charge is -2.30. The Morgan fingerprint density at radius 3 is 2.91 bits per heavy atom. The molecule has 0 amide bonds. The van der Waals surface area contributed by atoms with Crippen LogP contribution in [-0.4, -0.2) is 36.3 Å². The third-order valence-electron chi connectivity index (χ3n) is 1.88. The van der Waals surface area contributed by atoms with Gasteiger partial charge in [0.2, 0.25) is 0 Å². The zero-order chi connectivity index (χ0) is 8.27. The number of rotatable bonds is 2. The molecule has 0 aliphatic carbocycles. The summed E-state index contributed by atoms with van der Waals surface area (Å²) >= 11 is 6.95. The smallest absolute Gasteiger partial charge is 0.119 e. The van der Waals surface area contributed by atoms with Crippen molar-refractivity contribution in [2.24, 2.45) is 0 Å². The van der Waals surface area contributed by atoms with Crippen molar-refractivity contribution < 1.29 is 4.74 Å². The fraction of sp³-hybridized carbons (Fsp3) is 0.857. The number of nitrogens with one attached hydrogen (secondary N) is 1. The van der Waals surface area contributed by atoms with E-state index < -0.39 is 0 Å². The summed E-state index contributed by atoms with van der Waals surface area (Å²) < 4.78 is 5.28. The van der Waals surface area contributed by atoms with Crippen molar-refractivity contribution in [1.82, 2.24) is 5.32 Å². The lowest BCUT2D eigenvalue weighted by molar-refractivity contribution is 0.144. The monoisotopic (exact) mass is 191 g/mol. The fourth-order valence-electron chi connectivity index (χ4n) is 1.26. The van der Waals surface area contributed by atoms with E-state index in [9.17, 15) is 0 Å². The molecule has 1 saturated heterocycles. The molecule has 0 aromatic rings. The molecule has 0 spiro atoms.